The van der Waals surface area contributed by atoms with E-state index in [1.807, 2.05) is 6.08 Å². The van der Waals surface area contributed by atoms with Gasteiger partial charge in [-0.2, -0.15) is 0 Å². The minimum Gasteiger partial charge on any atom is -0.462 e. The van der Waals surface area contributed by atoms with E-state index in [4.69, 9.17) is 28.4 Å². The molecule has 0 aromatic heterocycles. The largest absolute Gasteiger partial charge is 0.462 e. The van der Waals surface area contributed by atoms with Crippen LogP contribution in [0.5, 0.6) is 0 Å². The van der Waals surface area contributed by atoms with E-state index >= 15 is 0 Å². The number of carbonyl (C=O) groups excluding carboxylic acids is 2. The van der Waals surface area contributed by atoms with Crippen molar-refractivity contribution in [1.82, 2.24) is 0 Å². The molecule has 15 nitrogen and oxygen atoms in total. The van der Waals surface area contributed by atoms with Crippen molar-refractivity contribution < 1.29 is 73.8 Å². The van der Waals surface area contributed by atoms with Crippen LogP contribution in [0, 0.1) is 0 Å². The zero-order valence-corrected chi connectivity index (χ0v) is 36.5. The number of aliphatic hydroxyl groups excluding tert-OH is 7. The van der Waals surface area contributed by atoms with Gasteiger partial charge < -0.3 is 64.2 Å². The highest BCUT2D eigenvalue weighted by atomic mass is 16.7. The molecule has 0 radical (unpaired) electrons. The van der Waals surface area contributed by atoms with Crippen molar-refractivity contribution in [3.05, 3.63) is 12.7 Å². The Morgan fingerprint density at radius 2 is 0.983 bits per heavy atom. The van der Waals surface area contributed by atoms with Crippen molar-refractivity contribution in [2.75, 3.05) is 26.4 Å². The summed E-state index contributed by atoms with van der Waals surface area (Å²) < 4.78 is 33.4. The van der Waals surface area contributed by atoms with Crippen LogP contribution in [0.4, 0.5) is 0 Å². The van der Waals surface area contributed by atoms with E-state index < -0.39 is 92.7 Å². The number of aliphatic hydroxyl groups is 7. The zero-order chi connectivity index (χ0) is 44.0. The van der Waals surface area contributed by atoms with Crippen molar-refractivity contribution >= 4 is 11.9 Å². The van der Waals surface area contributed by atoms with Gasteiger partial charge in [0, 0.05) is 12.8 Å². The third-order valence-corrected chi connectivity index (χ3v) is 11.4. The van der Waals surface area contributed by atoms with E-state index in [0.29, 0.717) is 12.8 Å². The minimum atomic E-state index is -1.76. The number of ether oxygens (including phenoxy) is 6. The fraction of sp³-hybridized carbons (Fsp3) is 0.911. The summed E-state index contributed by atoms with van der Waals surface area (Å²) >= 11 is 0. The molecule has 0 aliphatic carbocycles. The van der Waals surface area contributed by atoms with Gasteiger partial charge in [0.05, 0.1) is 19.8 Å². The molecule has 2 aliphatic rings. The second kappa shape index (κ2) is 33.8. The minimum absolute atomic E-state index is 0.168. The van der Waals surface area contributed by atoms with Crippen LogP contribution >= 0.6 is 0 Å². The average molecular weight is 863 g/mol. The number of unbranched alkanes of at least 4 members (excludes halogenated alkanes) is 21. The monoisotopic (exact) mass is 863 g/mol. The molecule has 352 valence electrons. The van der Waals surface area contributed by atoms with Gasteiger partial charge in [-0.3, -0.25) is 9.59 Å². The van der Waals surface area contributed by atoms with Gasteiger partial charge in [0.25, 0.3) is 0 Å². The Bertz CT molecular complexity index is 1090. The van der Waals surface area contributed by atoms with Crippen molar-refractivity contribution in [2.24, 2.45) is 0 Å². The summed E-state index contributed by atoms with van der Waals surface area (Å²) in [7, 11) is 0. The first-order valence-electron chi connectivity index (χ1n) is 23.2. The molecular formula is C45H82O15. The van der Waals surface area contributed by atoms with E-state index in [0.717, 1.165) is 44.9 Å². The van der Waals surface area contributed by atoms with E-state index in [1.165, 1.54) is 89.9 Å². The number of carbonyl (C=O) groups is 2. The molecule has 2 aliphatic heterocycles. The molecule has 2 heterocycles. The fourth-order valence-electron chi connectivity index (χ4n) is 7.49. The number of allylic oxidation sites excluding steroid dienone is 1. The Balaban J connectivity index is 1.82. The molecular weight excluding hydrogens is 780 g/mol. The second-order valence-corrected chi connectivity index (χ2v) is 16.7. The molecule has 0 bridgehead atoms. The van der Waals surface area contributed by atoms with Crippen molar-refractivity contribution in [2.45, 2.75) is 235 Å². The Kier molecular flexibility index (Phi) is 30.6. The molecule has 0 spiro atoms. The maximum atomic E-state index is 12.9. The first-order chi connectivity index (χ1) is 29.0. The van der Waals surface area contributed by atoms with Crippen LogP contribution in [0.1, 0.15) is 167 Å². The van der Waals surface area contributed by atoms with Gasteiger partial charge in [-0.15, -0.1) is 6.58 Å². The Hall–Kier alpha value is -1.76. The quantitative estimate of drug-likeness (QED) is 0.0249. The van der Waals surface area contributed by atoms with Crippen LogP contribution in [-0.2, 0) is 38.0 Å². The molecule has 60 heavy (non-hydrogen) atoms. The van der Waals surface area contributed by atoms with E-state index in [9.17, 15) is 45.3 Å². The number of hydrogen-bond donors (Lipinski definition) is 7. The summed E-state index contributed by atoms with van der Waals surface area (Å²) in [6.45, 7) is 4.08. The van der Waals surface area contributed by atoms with Gasteiger partial charge in [0.1, 0.15) is 55.4 Å². The van der Waals surface area contributed by atoms with Crippen LogP contribution < -0.4 is 0 Å². The second-order valence-electron chi connectivity index (χ2n) is 16.7. The zero-order valence-electron chi connectivity index (χ0n) is 36.5. The molecule has 2 saturated heterocycles. The molecule has 2 fully saturated rings. The molecule has 0 aromatic rings. The molecule has 0 saturated carbocycles. The van der Waals surface area contributed by atoms with Gasteiger partial charge in [-0.05, 0) is 25.7 Å². The normalized spacial score (nSPS) is 27.4. The van der Waals surface area contributed by atoms with Crippen LogP contribution in [0.3, 0.4) is 0 Å². The number of esters is 2. The Labute approximate surface area is 359 Å². The highest BCUT2D eigenvalue weighted by Gasteiger charge is 2.47. The summed E-state index contributed by atoms with van der Waals surface area (Å²) in [6, 6.07) is 0. The van der Waals surface area contributed by atoms with Crippen molar-refractivity contribution in [3.8, 4) is 0 Å². The lowest BCUT2D eigenvalue weighted by Gasteiger charge is -2.42. The van der Waals surface area contributed by atoms with Gasteiger partial charge in [-0.1, -0.05) is 135 Å². The Morgan fingerprint density at radius 3 is 1.48 bits per heavy atom. The predicted octanol–water partition coefficient (Wildman–Crippen LogP) is 5.04. The lowest BCUT2D eigenvalue weighted by molar-refractivity contribution is -0.332. The molecule has 2 rings (SSSR count). The number of rotatable bonds is 36. The van der Waals surface area contributed by atoms with Crippen LogP contribution in [-0.4, -0.2) is 142 Å². The lowest BCUT2D eigenvalue weighted by Crippen LogP contribution is -2.61. The fourth-order valence-corrected chi connectivity index (χ4v) is 7.49. The smallest absolute Gasteiger partial charge is 0.306 e. The summed E-state index contributed by atoms with van der Waals surface area (Å²) in [5, 5.41) is 71.8. The molecule has 0 amide bonds. The van der Waals surface area contributed by atoms with Crippen LogP contribution in [0.25, 0.3) is 0 Å². The average Bonchev–Trinajstić information content (AvgIpc) is 3.24. The van der Waals surface area contributed by atoms with Crippen LogP contribution in [0.2, 0.25) is 0 Å². The van der Waals surface area contributed by atoms with Gasteiger partial charge >= 0.3 is 11.9 Å². The third kappa shape index (κ3) is 22.5. The Morgan fingerprint density at radius 1 is 0.550 bits per heavy atom. The first kappa shape index (κ1) is 54.4. The maximum Gasteiger partial charge on any atom is 0.306 e. The predicted molar refractivity (Wildman–Crippen MR) is 224 cm³/mol. The summed E-state index contributed by atoms with van der Waals surface area (Å²) in [5.74, 6) is -0.925. The van der Waals surface area contributed by atoms with Gasteiger partial charge in [0.15, 0.2) is 18.7 Å². The SMILES string of the molecule is C=CCCCCCCCCCCCCCCCC(=O)OC[C@H](CO[C@@H]1O[C@H](CO[C@@H]2O[C@H](CO)[C@H](O)C(O)C2O)[C@H](O)C(O)C1O)OC(=O)CCCCCCCCCCC. The number of hydrogen-bond acceptors (Lipinski definition) is 15. The van der Waals surface area contributed by atoms with E-state index in [1.54, 1.807) is 0 Å². The van der Waals surface area contributed by atoms with E-state index in [2.05, 4.69) is 13.5 Å². The van der Waals surface area contributed by atoms with Gasteiger partial charge in [0.2, 0.25) is 0 Å². The molecule has 0 aromatic carbocycles. The highest BCUT2D eigenvalue weighted by Crippen LogP contribution is 2.26. The van der Waals surface area contributed by atoms with Crippen molar-refractivity contribution in [1.29, 1.82) is 0 Å². The molecule has 4 unspecified atom stereocenters. The topological polar surface area (TPSA) is 231 Å². The van der Waals surface area contributed by atoms with E-state index in [-0.39, 0.29) is 26.1 Å². The van der Waals surface area contributed by atoms with Crippen molar-refractivity contribution in [3.63, 3.8) is 0 Å². The standard InChI is InChI=1S/C45H82O15/c1-3-5-7-9-11-13-14-15-16-17-18-20-21-23-25-27-36(47)55-30-33(58-37(48)28-26-24-22-19-12-10-8-6-4-2)31-56-44-43(54)41(52)39(50)35(60-44)32-57-45-42(53)40(51)38(49)34(29-46)59-45/h3,33-35,38-46,49-54H,1,4-32H2,2H3/t33-,34-,35-,38+,39+,40?,41?,42?,43?,44-,45-/m1/s1. The first-order valence-corrected chi connectivity index (χ1v) is 23.2. The molecule has 15 heteroatoms. The highest BCUT2D eigenvalue weighted by molar-refractivity contribution is 5.70. The molecule has 7 N–H and O–H groups in total. The van der Waals surface area contributed by atoms with Gasteiger partial charge in [-0.25, -0.2) is 0 Å². The summed E-state index contributed by atoms with van der Waals surface area (Å²) in [4.78, 5) is 25.6. The summed E-state index contributed by atoms with van der Waals surface area (Å²) in [5.41, 5.74) is 0. The maximum absolute atomic E-state index is 12.9. The lowest BCUT2D eigenvalue weighted by atomic mass is 9.98. The summed E-state index contributed by atoms with van der Waals surface area (Å²) in [6.07, 6.45) is 11.6. The molecule has 11 atom stereocenters. The third-order valence-electron chi connectivity index (χ3n) is 11.4. The van der Waals surface area contributed by atoms with Crippen LogP contribution in [0.15, 0.2) is 12.7 Å².